The first kappa shape index (κ1) is 26.6. The quantitative estimate of drug-likeness (QED) is 0.378. The van der Waals surface area contributed by atoms with E-state index in [9.17, 15) is 14.7 Å². The van der Waals surface area contributed by atoms with Crippen molar-refractivity contribution in [3.8, 4) is 5.75 Å². The van der Waals surface area contributed by atoms with Crippen LogP contribution < -0.4 is 15.8 Å². The number of rotatable bonds is 8. The third-order valence-corrected chi connectivity index (χ3v) is 8.42. The van der Waals surface area contributed by atoms with Gasteiger partial charge in [-0.05, 0) is 74.2 Å². The van der Waals surface area contributed by atoms with E-state index in [2.05, 4.69) is 29.3 Å². The number of methoxy groups -OCH3 is 1. The number of aryl methyl sites for hydroxylation is 1. The molecule has 7 heteroatoms. The number of carbonyl (C=O) groups is 2. The summed E-state index contributed by atoms with van der Waals surface area (Å²) >= 11 is 0. The molecule has 2 aromatic carbocycles. The van der Waals surface area contributed by atoms with Gasteiger partial charge in [0.15, 0.2) is 0 Å². The van der Waals surface area contributed by atoms with Crippen LogP contribution >= 0.6 is 0 Å². The van der Waals surface area contributed by atoms with Crippen LogP contribution in [0.4, 0.5) is 0 Å². The van der Waals surface area contributed by atoms with Gasteiger partial charge in [0.25, 0.3) is 0 Å². The van der Waals surface area contributed by atoms with Gasteiger partial charge < -0.3 is 20.9 Å². The number of primary amides is 1. The number of allylic oxidation sites excluding steroid dienone is 2. The summed E-state index contributed by atoms with van der Waals surface area (Å²) in [6, 6.07) is 16.0. The highest BCUT2D eigenvalue weighted by molar-refractivity contribution is 5.91. The van der Waals surface area contributed by atoms with Gasteiger partial charge in [-0.3, -0.25) is 14.5 Å². The lowest BCUT2D eigenvalue weighted by Gasteiger charge is -2.60. The lowest BCUT2D eigenvalue weighted by molar-refractivity contribution is -0.140. The molecule has 0 radical (unpaired) electrons. The number of nitrogens with one attached hydrogen (secondary N) is 1. The molecule has 0 bridgehead atoms. The summed E-state index contributed by atoms with van der Waals surface area (Å²) in [5, 5.41) is 15.7. The molecule has 3 unspecified atom stereocenters. The summed E-state index contributed by atoms with van der Waals surface area (Å²) in [5.74, 6) is 0.189. The van der Waals surface area contributed by atoms with Crippen molar-refractivity contribution in [3.63, 3.8) is 0 Å². The van der Waals surface area contributed by atoms with Crippen LogP contribution in [0.1, 0.15) is 49.8 Å². The molecule has 2 aromatic rings. The summed E-state index contributed by atoms with van der Waals surface area (Å²) in [6.07, 6.45) is 3.73. The van der Waals surface area contributed by atoms with Crippen LogP contribution in [0.3, 0.4) is 0 Å². The van der Waals surface area contributed by atoms with Crippen molar-refractivity contribution in [1.82, 2.24) is 10.2 Å². The number of hydrogen-bond acceptors (Lipinski definition) is 5. The summed E-state index contributed by atoms with van der Waals surface area (Å²) in [7, 11) is 1.64. The summed E-state index contributed by atoms with van der Waals surface area (Å²) in [6.45, 7) is 7.26. The first-order valence-electron chi connectivity index (χ1n) is 12.7. The maximum atomic E-state index is 12.8. The standard InChI is InChI=1S/C30H37N3O4/c1-20-10-11-25(37-4)15-26(20)29-12-13-33(18-23-8-6-5-7-9-23)22(3)30(29,36)16-24(14-21(2)28(31)35)27(17-29)32-19-34/h5-11,14-15,19,22,36H,12-13,16-18H2,1-4H3,(H2,31,35)(H,32,34)/b21-14+. The largest absolute Gasteiger partial charge is 0.497 e. The number of fused-ring (bicyclic) bond motifs is 1. The smallest absolute Gasteiger partial charge is 0.244 e. The van der Waals surface area contributed by atoms with Gasteiger partial charge >= 0.3 is 0 Å². The second-order valence-corrected chi connectivity index (χ2v) is 10.4. The summed E-state index contributed by atoms with van der Waals surface area (Å²) < 4.78 is 5.57. The fourth-order valence-electron chi connectivity index (χ4n) is 6.24. The van der Waals surface area contributed by atoms with E-state index in [1.807, 2.05) is 43.3 Å². The first-order valence-corrected chi connectivity index (χ1v) is 12.7. The van der Waals surface area contributed by atoms with E-state index in [4.69, 9.17) is 10.5 Å². The maximum Gasteiger partial charge on any atom is 0.244 e. The van der Waals surface area contributed by atoms with Crippen molar-refractivity contribution >= 4 is 12.3 Å². The fraction of sp³-hybridized carbons (Fsp3) is 0.400. The summed E-state index contributed by atoms with van der Waals surface area (Å²) in [5.41, 5.74) is 8.70. The van der Waals surface area contributed by atoms with E-state index in [1.54, 1.807) is 20.1 Å². The Bertz CT molecular complexity index is 1240. The number of likely N-dealkylation sites (tertiary alicyclic amines) is 1. The zero-order chi connectivity index (χ0) is 26.8. The lowest BCUT2D eigenvalue weighted by Crippen LogP contribution is -2.69. The van der Waals surface area contributed by atoms with Crippen molar-refractivity contribution in [2.45, 2.75) is 63.6 Å². The van der Waals surface area contributed by atoms with E-state index in [-0.39, 0.29) is 12.5 Å². The molecule has 0 spiro atoms. The molecule has 1 heterocycles. The van der Waals surface area contributed by atoms with Gasteiger partial charge in [-0.15, -0.1) is 0 Å². The highest BCUT2D eigenvalue weighted by Gasteiger charge is 2.61. The van der Waals surface area contributed by atoms with Gasteiger partial charge in [-0.25, -0.2) is 0 Å². The molecule has 3 atom stereocenters. The Hall–Kier alpha value is -3.42. The Morgan fingerprint density at radius 1 is 1.24 bits per heavy atom. The average Bonchev–Trinajstić information content (AvgIpc) is 2.88. The molecule has 7 nitrogen and oxygen atoms in total. The molecule has 2 aliphatic rings. The second kappa shape index (κ2) is 10.5. The topological polar surface area (TPSA) is 105 Å². The van der Waals surface area contributed by atoms with Crippen molar-refractivity contribution in [2.24, 2.45) is 5.73 Å². The second-order valence-electron chi connectivity index (χ2n) is 10.4. The number of nitrogens with two attached hydrogens (primary N) is 1. The molecular formula is C30H37N3O4. The number of piperidine rings is 1. The van der Waals surface area contributed by atoms with Crippen LogP contribution in [0.25, 0.3) is 0 Å². The van der Waals surface area contributed by atoms with Gasteiger partial charge in [0.2, 0.25) is 12.3 Å². The molecule has 1 fully saturated rings. The minimum absolute atomic E-state index is 0.220. The van der Waals surface area contributed by atoms with E-state index in [0.717, 1.165) is 29.0 Å². The van der Waals surface area contributed by atoms with Gasteiger partial charge in [0, 0.05) is 42.1 Å². The highest BCUT2D eigenvalue weighted by Crippen LogP contribution is 2.56. The van der Waals surface area contributed by atoms with Crippen molar-refractivity contribution in [3.05, 3.63) is 88.1 Å². The number of amides is 2. The zero-order valence-electron chi connectivity index (χ0n) is 22.1. The van der Waals surface area contributed by atoms with Gasteiger partial charge in [0.1, 0.15) is 5.75 Å². The maximum absolute atomic E-state index is 12.8. The molecule has 1 aliphatic carbocycles. The Morgan fingerprint density at radius 3 is 2.62 bits per heavy atom. The molecule has 196 valence electrons. The predicted molar refractivity (Wildman–Crippen MR) is 144 cm³/mol. The highest BCUT2D eigenvalue weighted by atomic mass is 16.5. The zero-order valence-corrected chi connectivity index (χ0v) is 22.1. The van der Waals surface area contributed by atoms with E-state index in [1.165, 1.54) is 5.56 Å². The van der Waals surface area contributed by atoms with Crippen LogP contribution in [0.15, 0.2) is 71.5 Å². The number of carbonyl (C=O) groups excluding carboxylic acids is 2. The molecule has 0 aromatic heterocycles. The average molecular weight is 504 g/mol. The van der Waals surface area contributed by atoms with E-state index < -0.39 is 16.9 Å². The Kier molecular flexibility index (Phi) is 7.57. The Labute approximate surface area is 219 Å². The molecule has 37 heavy (non-hydrogen) atoms. The third-order valence-electron chi connectivity index (χ3n) is 8.42. The monoisotopic (exact) mass is 503 g/mol. The van der Waals surface area contributed by atoms with Crippen LogP contribution in [0, 0.1) is 6.92 Å². The van der Waals surface area contributed by atoms with Gasteiger partial charge in [0.05, 0.1) is 12.7 Å². The molecule has 0 saturated carbocycles. The lowest BCUT2D eigenvalue weighted by atomic mass is 9.53. The molecule has 2 amide bonds. The minimum atomic E-state index is -1.20. The predicted octanol–water partition coefficient (Wildman–Crippen LogP) is 3.49. The number of hydrogen-bond donors (Lipinski definition) is 3. The van der Waals surface area contributed by atoms with Crippen LogP contribution in [0.2, 0.25) is 0 Å². The Balaban J connectivity index is 1.89. The Morgan fingerprint density at radius 2 is 1.97 bits per heavy atom. The number of aliphatic hydroxyl groups is 1. The van der Waals surface area contributed by atoms with Crippen molar-refractivity contribution in [2.75, 3.05) is 13.7 Å². The van der Waals surface area contributed by atoms with Gasteiger partial charge in [-0.2, -0.15) is 0 Å². The van der Waals surface area contributed by atoms with Crippen LogP contribution in [0.5, 0.6) is 5.75 Å². The fourth-order valence-corrected chi connectivity index (χ4v) is 6.24. The number of benzene rings is 2. The molecule has 4 rings (SSSR count). The third kappa shape index (κ3) is 4.81. The van der Waals surface area contributed by atoms with E-state index in [0.29, 0.717) is 37.1 Å². The SMILES string of the molecule is COc1ccc(C)c(C23CCN(Cc4ccccc4)C(C)C2(O)CC(/C=C(\C)C(N)=O)=C(NC=O)C3)c1. The van der Waals surface area contributed by atoms with Crippen LogP contribution in [-0.2, 0) is 21.5 Å². The first-order chi connectivity index (χ1) is 17.6. The summed E-state index contributed by atoms with van der Waals surface area (Å²) in [4.78, 5) is 25.9. The number of ether oxygens (including phenoxy) is 1. The molecule has 4 N–H and O–H groups in total. The van der Waals surface area contributed by atoms with E-state index >= 15 is 0 Å². The molecule has 1 aliphatic heterocycles. The number of nitrogens with zero attached hydrogens (tertiary/aromatic N) is 1. The molecule has 1 saturated heterocycles. The van der Waals surface area contributed by atoms with Gasteiger partial charge in [-0.1, -0.05) is 36.4 Å². The van der Waals surface area contributed by atoms with Crippen molar-refractivity contribution < 1.29 is 19.4 Å². The van der Waals surface area contributed by atoms with Crippen LogP contribution in [-0.4, -0.2) is 47.6 Å². The van der Waals surface area contributed by atoms with Crippen molar-refractivity contribution in [1.29, 1.82) is 0 Å². The molecular weight excluding hydrogens is 466 g/mol. The minimum Gasteiger partial charge on any atom is -0.497 e. The normalized spacial score (nSPS) is 26.4.